The molecule has 10 unspecified atom stereocenters. The third-order valence-corrected chi connectivity index (χ3v) is 22.3. The van der Waals surface area contributed by atoms with E-state index in [1.54, 1.807) is 0 Å². The van der Waals surface area contributed by atoms with Crippen LogP contribution in [0.25, 0.3) is 0 Å². The van der Waals surface area contributed by atoms with Gasteiger partial charge in [0.05, 0.1) is 0 Å². The predicted octanol–water partition coefficient (Wildman–Crippen LogP) is 14.9. The van der Waals surface area contributed by atoms with E-state index in [0.29, 0.717) is 11.5 Å². The molecule has 7 rings (SSSR count). The highest BCUT2D eigenvalue weighted by atomic mass is 32.2. The molecular formula is C50H76O2S6. The Morgan fingerprint density at radius 1 is 0.448 bits per heavy atom. The summed E-state index contributed by atoms with van der Waals surface area (Å²) in [5.74, 6) is 3.73. The molecule has 2 nitrogen and oxygen atoms in total. The summed E-state index contributed by atoms with van der Waals surface area (Å²) < 4.78 is 0. The number of aromatic hydroxyl groups is 2. The minimum Gasteiger partial charge on any atom is -0.508 e. The number of rotatable bonds is 24. The van der Waals surface area contributed by atoms with Crippen LogP contribution in [0.2, 0.25) is 0 Å². The lowest BCUT2D eigenvalue weighted by molar-refractivity contribution is 0.445. The highest BCUT2D eigenvalue weighted by Gasteiger charge is 2.49. The molecule has 0 bridgehead atoms. The molecule has 2 N–H and O–H groups in total. The maximum atomic E-state index is 10.5. The number of unbranched alkanes of at least 4 members (excludes halogenated alkanes) is 8. The van der Waals surface area contributed by atoms with Gasteiger partial charge in [-0.1, -0.05) is 117 Å². The third kappa shape index (κ3) is 14.6. The highest BCUT2D eigenvalue weighted by molar-refractivity contribution is 8.09. The maximum absolute atomic E-state index is 10.5. The number of phenolic OH excluding ortho intramolecular Hbond substituents is 2. The van der Waals surface area contributed by atoms with Crippen LogP contribution in [0.15, 0.2) is 36.4 Å². The van der Waals surface area contributed by atoms with Crippen molar-refractivity contribution < 1.29 is 10.2 Å². The molecule has 2 aromatic rings. The lowest BCUT2D eigenvalue weighted by Gasteiger charge is -2.28. The molecule has 0 aliphatic carbocycles. The first-order valence-corrected chi connectivity index (χ1v) is 29.2. The van der Waals surface area contributed by atoms with Gasteiger partial charge in [0.2, 0.25) is 0 Å². The summed E-state index contributed by atoms with van der Waals surface area (Å²) in [4.78, 5) is 0. The summed E-state index contributed by atoms with van der Waals surface area (Å²) >= 11 is 13.9. The molecule has 0 amide bonds. The number of hydrogen-bond donors (Lipinski definition) is 2. The lowest BCUT2D eigenvalue weighted by atomic mass is 9.85. The summed E-state index contributed by atoms with van der Waals surface area (Å²) in [6.07, 6.45) is 24.4. The molecule has 2 aromatic carbocycles. The Morgan fingerprint density at radius 3 is 1.22 bits per heavy atom. The quantitative estimate of drug-likeness (QED) is 0.0798. The fourth-order valence-electron chi connectivity index (χ4n) is 9.52. The second kappa shape index (κ2) is 21.2. The molecule has 10 atom stereocenters. The molecule has 5 heterocycles. The van der Waals surface area contributed by atoms with E-state index in [1.807, 2.05) is 12.1 Å². The van der Waals surface area contributed by atoms with Crippen LogP contribution in [0.1, 0.15) is 167 Å². The Balaban J connectivity index is 0.657. The first-order chi connectivity index (χ1) is 27.8. The molecule has 5 aliphatic heterocycles. The number of benzene rings is 2. The summed E-state index contributed by atoms with van der Waals surface area (Å²) in [6, 6.07) is 12.7. The zero-order valence-corrected chi connectivity index (χ0v) is 41.6. The van der Waals surface area contributed by atoms with Gasteiger partial charge in [0, 0.05) is 64.0 Å². The van der Waals surface area contributed by atoms with Crippen molar-refractivity contribution in [2.45, 2.75) is 220 Å². The van der Waals surface area contributed by atoms with E-state index in [-0.39, 0.29) is 10.8 Å². The van der Waals surface area contributed by atoms with Crippen molar-refractivity contribution in [3.63, 3.8) is 0 Å². The van der Waals surface area contributed by atoms with Crippen LogP contribution in [-0.4, -0.2) is 74.2 Å². The van der Waals surface area contributed by atoms with E-state index in [1.165, 1.54) is 125 Å². The Kier molecular flexibility index (Phi) is 16.9. The van der Waals surface area contributed by atoms with Gasteiger partial charge in [-0.2, -0.15) is 70.6 Å². The average Bonchev–Trinajstić information content (AvgIpc) is 3.99. The number of phenols is 2. The molecule has 5 fully saturated rings. The normalized spacial score (nSPS) is 30.4. The monoisotopic (exact) mass is 900 g/mol. The van der Waals surface area contributed by atoms with Crippen LogP contribution in [0, 0.1) is 0 Å². The molecule has 0 aromatic heterocycles. The smallest absolute Gasteiger partial charge is 0.119 e. The Morgan fingerprint density at radius 2 is 0.810 bits per heavy atom. The molecule has 324 valence electrons. The van der Waals surface area contributed by atoms with Crippen LogP contribution in [0.3, 0.4) is 0 Å². The summed E-state index contributed by atoms with van der Waals surface area (Å²) in [5.41, 5.74) is 4.66. The fourth-order valence-corrected chi connectivity index (χ4v) is 18.3. The minimum absolute atomic E-state index is 0.00413. The average molecular weight is 902 g/mol. The van der Waals surface area contributed by atoms with E-state index in [4.69, 9.17) is 0 Å². The molecule has 8 heteroatoms. The molecule has 0 saturated carbocycles. The van der Waals surface area contributed by atoms with Crippen LogP contribution in [0.4, 0.5) is 0 Å². The topological polar surface area (TPSA) is 40.5 Å². The van der Waals surface area contributed by atoms with Gasteiger partial charge in [-0.15, -0.1) is 0 Å². The van der Waals surface area contributed by atoms with Crippen LogP contribution < -0.4 is 0 Å². The van der Waals surface area contributed by atoms with Crippen molar-refractivity contribution in [1.29, 1.82) is 0 Å². The number of aryl methyl sites for hydroxylation is 2. The van der Waals surface area contributed by atoms with Gasteiger partial charge < -0.3 is 10.2 Å². The Bertz CT molecular complexity index is 1490. The van der Waals surface area contributed by atoms with Crippen molar-refractivity contribution in [3.05, 3.63) is 58.7 Å². The third-order valence-electron chi connectivity index (χ3n) is 13.3. The van der Waals surface area contributed by atoms with Gasteiger partial charge in [-0.25, -0.2) is 0 Å². The molecule has 0 radical (unpaired) electrons. The fraction of sp³-hybridized carbons (Fsp3) is 0.760. The number of thioether (sulfide) groups is 6. The van der Waals surface area contributed by atoms with Gasteiger partial charge in [0.25, 0.3) is 0 Å². The maximum Gasteiger partial charge on any atom is 0.119 e. The summed E-state index contributed by atoms with van der Waals surface area (Å²) in [5, 5.41) is 30.4. The van der Waals surface area contributed by atoms with Crippen molar-refractivity contribution in [2.24, 2.45) is 0 Å². The largest absolute Gasteiger partial charge is 0.508 e. The van der Waals surface area contributed by atoms with Crippen molar-refractivity contribution in [1.82, 2.24) is 0 Å². The SMILES string of the molecule is CC(C)(C)c1ccc(CCCCCCCC2SC2CC2SC2CC2CSCC(CC3SC3CC3SC3CCCCCCCc3ccc(C(C)(C)C)c(O)c3)S2)cc1O. The van der Waals surface area contributed by atoms with Gasteiger partial charge >= 0.3 is 0 Å². The summed E-state index contributed by atoms with van der Waals surface area (Å²) in [6.45, 7) is 13.0. The van der Waals surface area contributed by atoms with E-state index >= 15 is 0 Å². The first-order valence-electron chi connectivity index (χ1n) is 23.3. The lowest BCUT2D eigenvalue weighted by Crippen LogP contribution is -2.25. The molecule has 0 spiro atoms. The van der Waals surface area contributed by atoms with Crippen molar-refractivity contribution in [2.75, 3.05) is 11.5 Å². The molecule has 5 aliphatic rings. The predicted molar refractivity (Wildman–Crippen MR) is 268 cm³/mol. The zero-order chi connectivity index (χ0) is 40.9. The standard InChI is InChI=1S/C50H76O2S6/c1-49(2,3)37-23-21-33(25-39(37)51)17-13-9-7-11-15-19-41-45(55-41)29-47-43(57-47)27-35-31-53-32-36(54-35)28-44-48(58-44)30-46-42(56-46)20-16-12-8-10-14-18-34-22-24-38(40(52)26-34)50(4,5)6/h21-26,35-36,41-48,51-52H,7-20,27-32H2,1-6H3. The van der Waals surface area contributed by atoms with Crippen LogP contribution in [-0.2, 0) is 23.7 Å². The molecule has 5 saturated heterocycles. The van der Waals surface area contributed by atoms with Crippen molar-refractivity contribution in [3.8, 4) is 11.5 Å². The Hall–Kier alpha value is 0.140. The van der Waals surface area contributed by atoms with Crippen molar-refractivity contribution >= 4 is 70.6 Å². The van der Waals surface area contributed by atoms with Gasteiger partial charge in [0.1, 0.15) is 11.5 Å². The number of hydrogen-bond acceptors (Lipinski definition) is 8. The second-order valence-electron chi connectivity index (χ2n) is 20.5. The van der Waals surface area contributed by atoms with E-state index in [2.05, 4.69) is 136 Å². The van der Waals surface area contributed by atoms with E-state index in [9.17, 15) is 10.2 Å². The highest BCUT2D eigenvalue weighted by Crippen LogP contribution is 2.58. The minimum atomic E-state index is -0.00413. The summed E-state index contributed by atoms with van der Waals surface area (Å²) in [7, 11) is 0. The Labute approximate surface area is 380 Å². The second-order valence-corrected chi connectivity index (χ2v) is 29.1. The first kappa shape index (κ1) is 46.1. The van der Waals surface area contributed by atoms with E-state index < -0.39 is 0 Å². The van der Waals surface area contributed by atoms with Gasteiger partial charge in [0.15, 0.2) is 0 Å². The molecule has 58 heavy (non-hydrogen) atoms. The van der Waals surface area contributed by atoms with Gasteiger partial charge in [-0.05, 0) is 109 Å². The zero-order valence-electron chi connectivity index (χ0n) is 36.7. The van der Waals surface area contributed by atoms with Gasteiger partial charge in [-0.3, -0.25) is 0 Å². The van der Waals surface area contributed by atoms with E-state index in [0.717, 1.165) is 76.5 Å². The molecular weight excluding hydrogens is 825 g/mol. The van der Waals surface area contributed by atoms with Crippen LogP contribution in [0.5, 0.6) is 11.5 Å². The van der Waals surface area contributed by atoms with Crippen LogP contribution >= 0.6 is 70.6 Å².